The molecule has 2 rings (SSSR count). The van der Waals surface area contributed by atoms with Crippen molar-refractivity contribution in [3.05, 3.63) is 64.1 Å². The van der Waals surface area contributed by atoms with Crippen LogP contribution in [0.5, 0.6) is 5.75 Å². The molecule has 0 saturated heterocycles. The maximum Gasteiger partial charge on any atom is 0.255 e. The highest BCUT2D eigenvalue weighted by molar-refractivity contribution is 5.94. The average molecular weight is 286 g/mol. The lowest BCUT2D eigenvalue weighted by molar-refractivity contribution is 0.0740. The Hall–Kier alpha value is -2.56. The number of carbonyl (C=O) groups is 1. The van der Waals surface area contributed by atoms with Gasteiger partial charge in [0.1, 0.15) is 5.75 Å². The second kappa shape index (κ2) is 6.26. The van der Waals surface area contributed by atoms with Gasteiger partial charge in [-0.25, -0.2) is 0 Å². The van der Waals surface area contributed by atoms with Gasteiger partial charge in [-0.2, -0.15) is 0 Å². The van der Waals surface area contributed by atoms with Crippen LogP contribution < -0.4 is 10.3 Å². The maximum absolute atomic E-state index is 12.4. The lowest BCUT2D eigenvalue weighted by Gasteiger charge is -2.26. The van der Waals surface area contributed by atoms with Crippen molar-refractivity contribution in [2.75, 3.05) is 14.2 Å². The highest BCUT2D eigenvalue weighted by atomic mass is 16.5. The topological polar surface area (TPSA) is 62.4 Å². The number of pyridine rings is 1. The van der Waals surface area contributed by atoms with Crippen molar-refractivity contribution in [1.82, 2.24) is 9.88 Å². The highest BCUT2D eigenvalue weighted by Gasteiger charge is 2.21. The lowest BCUT2D eigenvalue weighted by atomic mass is 10.1. The molecule has 0 aliphatic carbocycles. The predicted molar refractivity (Wildman–Crippen MR) is 80.6 cm³/mol. The molecule has 1 amide bonds. The molecule has 110 valence electrons. The van der Waals surface area contributed by atoms with E-state index in [2.05, 4.69) is 4.98 Å². The minimum Gasteiger partial charge on any atom is -0.496 e. The van der Waals surface area contributed by atoms with E-state index in [4.69, 9.17) is 4.74 Å². The Balaban J connectivity index is 2.26. The molecule has 5 heteroatoms. The van der Waals surface area contributed by atoms with Crippen LogP contribution in [0.25, 0.3) is 0 Å². The molecular weight excluding hydrogens is 268 g/mol. The lowest BCUT2D eigenvalue weighted by Crippen LogP contribution is -2.30. The van der Waals surface area contributed by atoms with Crippen molar-refractivity contribution in [3.63, 3.8) is 0 Å². The van der Waals surface area contributed by atoms with Gasteiger partial charge in [0.05, 0.1) is 18.7 Å². The zero-order chi connectivity index (χ0) is 15.4. The third-order valence-corrected chi connectivity index (χ3v) is 3.52. The van der Waals surface area contributed by atoms with E-state index in [0.717, 1.165) is 11.3 Å². The number of para-hydroxylation sites is 1. The summed E-state index contributed by atoms with van der Waals surface area (Å²) in [5, 5.41) is 0. The van der Waals surface area contributed by atoms with Crippen LogP contribution in [0.2, 0.25) is 0 Å². The number of methoxy groups -OCH3 is 1. The van der Waals surface area contributed by atoms with E-state index in [-0.39, 0.29) is 17.5 Å². The van der Waals surface area contributed by atoms with Crippen LogP contribution in [0.15, 0.2) is 47.4 Å². The number of amides is 1. The molecule has 1 atom stereocenters. The van der Waals surface area contributed by atoms with E-state index in [0.29, 0.717) is 5.56 Å². The maximum atomic E-state index is 12.4. The second-order valence-corrected chi connectivity index (χ2v) is 4.78. The SMILES string of the molecule is COc1ccccc1[C@H](C)N(C)C(=O)c1ccc(=O)[nH]c1. The van der Waals surface area contributed by atoms with Gasteiger partial charge in [0.25, 0.3) is 5.91 Å². The van der Waals surface area contributed by atoms with Crippen LogP contribution in [0.4, 0.5) is 0 Å². The standard InChI is InChI=1S/C16H18N2O3/c1-11(13-6-4-5-7-14(13)21-3)18(2)16(20)12-8-9-15(19)17-10-12/h4-11H,1-3H3,(H,17,19)/t11-/m0/s1. The van der Waals surface area contributed by atoms with Gasteiger partial charge in [0.2, 0.25) is 5.56 Å². The molecule has 0 bridgehead atoms. The Morgan fingerprint density at radius 1 is 1.24 bits per heavy atom. The first-order chi connectivity index (χ1) is 10.0. The van der Waals surface area contributed by atoms with Crippen LogP contribution in [0.1, 0.15) is 28.9 Å². The molecule has 0 spiro atoms. The van der Waals surface area contributed by atoms with E-state index < -0.39 is 0 Å². The number of nitrogens with zero attached hydrogens (tertiary/aromatic N) is 1. The fourth-order valence-electron chi connectivity index (χ4n) is 2.14. The first kappa shape index (κ1) is 14.8. The van der Waals surface area contributed by atoms with Crippen LogP contribution in [0, 0.1) is 0 Å². The van der Waals surface area contributed by atoms with Crippen LogP contribution in [-0.4, -0.2) is 29.9 Å². The predicted octanol–water partition coefficient (Wildman–Crippen LogP) is 2.22. The first-order valence-electron chi connectivity index (χ1n) is 6.63. The molecule has 0 unspecified atom stereocenters. The summed E-state index contributed by atoms with van der Waals surface area (Å²) in [4.78, 5) is 27.6. The van der Waals surface area contributed by atoms with Gasteiger partial charge in [-0.15, -0.1) is 0 Å². The van der Waals surface area contributed by atoms with Crippen LogP contribution in [-0.2, 0) is 0 Å². The number of H-pyrrole nitrogens is 1. The van der Waals surface area contributed by atoms with E-state index >= 15 is 0 Å². The van der Waals surface area contributed by atoms with Crippen LogP contribution >= 0.6 is 0 Å². The summed E-state index contributed by atoms with van der Waals surface area (Å²) in [6.07, 6.45) is 1.43. The van der Waals surface area contributed by atoms with E-state index in [9.17, 15) is 9.59 Å². The van der Waals surface area contributed by atoms with E-state index in [1.165, 1.54) is 18.3 Å². The molecule has 0 radical (unpaired) electrons. The monoisotopic (exact) mass is 286 g/mol. The molecule has 1 heterocycles. The molecule has 0 fully saturated rings. The number of hydrogen-bond acceptors (Lipinski definition) is 3. The largest absolute Gasteiger partial charge is 0.496 e. The molecule has 1 aromatic heterocycles. The summed E-state index contributed by atoms with van der Waals surface area (Å²) in [7, 11) is 3.33. The van der Waals surface area contributed by atoms with Crippen molar-refractivity contribution in [2.24, 2.45) is 0 Å². The summed E-state index contributed by atoms with van der Waals surface area (Å²) >= 11 is 0. The molecule has 0 saturated carbocycles. The molecule has 5 nitrogen and oxygen atoms in total. The molecule has 1 aromatic carbocycles. The number of nitrogens with one attached hydrogen (secondary N) is 1. The van der Waals surface area contributed by atoms with Crippen molar-refractivity contribution in [1.29, 1.82) is 0 Å². The first-order valence-corrected chi connectivity index (χ1v) is 6.63. The Labute approximate surface area is 123 Å². The molecule has 0 aliphatic rings. The van der Waals surface area contributed by atoms with Gasteiger partial charge in [0.15, 0.2) is 0 Å². The smallest absolute Gasteiger partial charge is 0.255 e. The van der Waals surface area contributed by atoms with Gasteiger partial charge in [-0.05, 0) is 19.1 Å². The third kappa shape index (κ3) is 3.13. The number of aromatic nitrogens is 1. The fraction of sp³-hybridized carbons (Fsp3) is 0.250. The van der Waals surface area contributed by atoms with Gasteiger partial charge in [-0.1, -0.05) is 18.2 Å². The fourth-order valence-corrected chi connectivity index (χ4v) is 2.14. The molecule has 2 aromatic rings. The Bertz CT molecular complexity index is 673. The molecule has 0 aliphatic heterocycles. The summed E-state index contributed by atoms with van der Waals surface area (Å²) in [6.45, 7) is 1.93. The van der Waals surface area contributed by atoms with Gasteiger partial charge in [-0.3, -0.25) is 9.59 Å². The molecule has 1 N–H and O–H groups in total. The number of hydrogen-bond donors (Lipinski definition) is 1. The zero-order valence-corrected chi connectivity index (χ0v) is 12.3. The summed E-state index contributed by atoms with van der Waals surface area (Å²) < 4.78 is 5.33. The quantitative estimate of drug-likeness (QED) is 0.937. The van der Waals surface area contributed by atoms with Crippen LogP contribution in [0.3, 0.4) is 0 Å². The van der Waals surface area contributed by atoms with Crippen molar-refractivity contribution < 1.29 is 9.53 Å². The summed E-state index contributed by atoms with van der Waals surface area (Å²) in [5.74, 6) is 0.579. The Morgan fingerprint density at radius 2 is 1.95 bits per heavy atom. The van der Waals surface area contributed by atoms with E-state index in [1.54, 1.807) is 19.1 Å². The number of aromatic amines is 1. The molecule has 21 heavy (non-hydrogen) atoms. The van der Waals surface area contributed by atoms with Crippen molar-refractivity contribution >= 4 is 5.91 Å². The Kier molecular flexibility index (Phi) is 4.42. The second-order valence-electron chi connectivity index (χ2n) is 4.78. The van der Waals surface area contributed by atoms with E-state index in [1.807, 2.05) is 31.2 Å². The minimum atomic E-state index is -0.230. The summed E-state index contributed by atoms with van der Waals surface area (Å²) in [5.41, 5.74) is 1.14. The number of carbonyl (C=O) groups excluding carboxylic acids is 1. The zero-order valence-electron chi connectivity index (χ0n) is 12.3. The highest BCUT2D eigenvalue weighted by Crippen LogP contribution is 2.28. The minimum absolute atomic E-state index is 0.152. The number of benzene rings is 1. The number of ether oxygens (including phenoxy) is 1. The average Bonchev–Trinajstić information content (AvgIpc) is 2.53. The number of rotatable bonds is 4. The Morgan fingerprint density at radius 3 is 2.57 bits per heavy atom. The third-order valence-electron chi connectivity index (χ3n) is 3.52. The van der Waals surface area contributed by atoms with Gasteiger partial charge in [0, 0.05) is 24.9 Å². The van der Waals surface area contributed by atoms with Gasteiger partial charge >= 0.3 is 0 Å². The molecular formula is C16H18N2O3. The summed E-state index contributed by atoms with van der Waals surface area (Å²) in [6, 6.07) is 10.3. The van der Waals surface area contributed by atoms with Crippen molar-refractivity contribution in [3.8, 4) is 5.75 Å². The van der Waals surface area contributed by atoms with Gasteiger partial charge < -0.3 is 14.6 Å². The normalized spacial score (nSPS) is 11.8. The van der Waals surface area contributed by atoms with Crippen molar-refractivity contribution in [2.45, 2.75) is 13.0 Å².